The molecule has 0 atom stereocenters. The fourth-order valence-corrected chi connectivity index (χ4v) is 1.36. The number of anilines is 2. The van der Waals surface area contributed by atoms with Gasteiger partial charge in [-0.1, -0.05) is 0 Å². The lowest BCUT2D eigenvalue weighted by atomic mass is 10.0. The predicted octanol–water partition coefficient (Wildman–Crippen LogP) is 1.35. The Kier molecular flexibility index (Phi) is 3.41. The second-order valence-electron chi connectivity index (χ2n) is 4.41. The summed E-state index contributed by atoms with van der Waals surface area (Å²) in [7, 11) is 1.87. The predicted molar refractivity (Wildman–Crippen MR) is 65.1 cm³/mol. The molecule has 0 heterocycles. The Morgan fingerprint density at radius 2 is 2.12 bits per heavy atom. The molecule has 1 rings (SSSR count). The van der Waals surface area contributed by atoms with E-state index >= 15 is 0 Å². The maximum Gasteiger partial charge on any atom is 0.0992 e. The summed E-state index contributed by atoms with van der Waals surface area (Å²) < 4.78 is 0. The summed E-state index contributed by atoms with van der Waals surface area (Å²) >= 11 is 0. The minimum absolute atomic E-state index is 0.0307. The van der Waals surface area contributed by atoms with E-state index in [0.717, 1.165) is 5.69 Å². The second-order valence-corrected chi connectivity index (χ2v) is 4.41. The van der Waals surface area contributed by atoms with Crippen LogP contribution in [0.1, 0.15) is 19.4 Å². The number of nitrogen functional groups attached to an aromatic ring is 1. The van der Waals surface area contributed by atoms with Gasteiger partial charge < -0.3 is 15.7 Å². The van der Waals surface area contributed by atoms with Gasteiger partial charge in [0.1, 0.15) is 0 Å². The zero-order valence-electron chi connectivity index (χ0n) is 9.86. The molecule has 0 saturated heterocycles. The van der Waals surface area contributed by atoms with Gasteiger partial charge in [-0.05, 0) is 32.0 Å². The van der Waals surface area contributed by atoms with Gasteiger partial charge >= 0.3 is 0 Å². The summed E-state index contributed by atoms with van der Waals surface area (Å²) in [6, 6.07) is 7.19. The van der Waals surface area contributed by atoms with Crippen molar-refractivity contribution in [1.29, 1.82) is 5.26 Å². The minimum Gasteiger partial charge on any atom is -0.397 e. The molecule has 0 aliphatic rings. The van der Waals surface area contributed by atoms with E-state index < -0.39 is 0 Å². The first-order chi connectivity index (χ1) is 7.42. The largest absolute Gasteiger partial charge is 0.397 e. The van der Waals surface area contributed by atoms with Gasteiger partial charge in [-0.2, -0.15) is 5.26 Å². The molecular formula is C12H17N3O. The van der Waals surface area contributed by atoms with Crippen LogP contribution in [0.3, 0.4) is 0 Å². The van der Waals surface area contributed by atoms with Crippen LogP contribution in [0.2, 0.25) is 0 Å². The molecule has 4 heteroatoms. The summed E-state index contributed by atoms with van der Waals surface area (Å²) in [6.07, 6.45) is 0. The molecule has 0 aliphatic heterocycles. The number of benzene rings is 1. The van der Waals surface area contributed by atoms with Gasteiger partial charge in [-0.3, -0.25) is 0 Å². The smallest absolute Gasteiger partial charge is 0.0992 e. The molecule has 4 nitrogen and oxygen atoms in total. The van der Waals surface area contributed by atoms with Crippen molar-refractivity contribution >= 4 is 11.4 Å². The molecular weight excluding hydrogens is 202 g/mol. The van der Waals surface area contributed by atoms with Gasteiger partial charge in [-0.25, -0.2) is 0 Å². The molecule has 0 aliphatic carbocycles. The maximum absolute atomic E-state index is 9.28. The van der Waals surface area contributed by atoms with Crippen LogP contribution >= 0.6 is 0 Å². The van der Waals surface area contributed by atoms with Gasteiger partial charge in [0, 0.05) is 7.05 Å². The topological polar surface area (TPSA) is 73.3 Å². The Hall–Kier alpha value is -1.73. The number of aliphatic hydroxyl groups excluding tert-OH is 1. The third kappa shape index (κ3) is 2.26. The molecule has 0 radical (unpaired) electrons. The SMILES string of the molecule is CN(c1ccc(C#N)cc1N)C(C)(C)CO. The fourth-order valence-electron chi connectivity index (χ4n) is 1.36. The van der Waals surface area contributed by atoms with Crippen molar-refractivity contribution < 1.29 is 5.11 Å². The number of aliphatic hydroxyl groups is 1. The molecule has 16 heavy (non-hydrogen) atoms. The van der Waals surface area contributed by atoms with Crippen LogP contribution in [-0.2, 0) is 0 Å². The molecule has 86 valence electrons. The van der Waals surface area contributed by atoms with Crippen molar-refractivity contribution in [2.45, 2.75) is 19.4 Å². The third-order valence-electron chi connectivity index (χ3n) is 2.81. The first-order valence-electron chi connectivity index (χ1n) is 5.06. The molecule has 1 aromatic rings. The molecule has 3 N–H and O–H groups in total. The summed E-state index contributed by atoms with van der Waals surface area (Å²) in [5, 5.41) is 18.0. The van der Waals surface area contributed by atoms with Crippen LogP contribution in [0, 0.1) is 11.3 Å². The number of nitrogens with two attached hydrogens (primary N) is 1. The molecule has 0 amide bonds. The minimum atomic E-state index is -0.387. The highest BCUT2D eigenvalue weighted by atomic mass is 16.3. The Morgan fingerprint density at radius 3 is 2.56 bits per heavy atom. The number of nitriles is 1. The Labute approximate surface area is 95.9 Å². The van der Waals surface area contributed by atoms with E-state index in [0.29, 0.717) is 11.3 Å². The van der Waals surface area contributed by atoms with Crippen LogP contribution in [0.25, 0.3) is 0 Å². The number of nitrogens with zero attached hydrogens (tertiary/aromatic N) is 2. The van der Waals surface area contributed by atoms with Crippen LogP contribution in [-0.4, -0.2) is 24.3 Å². The van der Waals surface area contributed by atoms with Crippen LogP contribution < -0.4 is 10.6 Å². The Balaban J connectivity index is 3.11. The summed E-state index contributed by atoms with van der Waals surface area (Å²) in [4.78, 5) is 1.91. The summed E-state index contributed by atoms with van der Waals surface area (Å²) in [6.45, 7) is 3.87. The lowest BCUT2D eigenvalue weighted by molar-refractivity contribution is 0.216. The van der Waals surface area contributed by atoms with Gasteiger partial charge in [0.2, 0.25) is 0 Å². The average molecular weight is 219 g/mol. The lowest BCUT2D eigenvalue weighted by Gasteiger charge is -2.36. The van der Waals surface area contributed by atoms with Gasteiger partial charge in [0.05, 0.1) is 35.2 Å². The molecule has 0 fully saturated rings. The van der Waals surface area contributed by atoms with E-state index in [1.165, 1.54) is 0 Å². The average Bonchev–Trinajstić information content (AvgIpc) is 2.28. The zero-order chi connectivity index (χ0) is 12.3. The number of likely N-dealkylation sites (N-methyl/N-ethyl adjacent to an activating group) is 1. The Bertz CT molecular complexity index is 421. The van der Waals surface area contributed by atoms with E-state index in [-0.39, 0.29) is 12.1 Å². The van der Waals surface area contributed by atoms with Crippen LogP contribution in [0.4, 0.5) is 11.4 Å². The highest BCUT2D eigenvalue weighted by Gasteiger charge is 2.24. The molecule has 0 spiro atoms. The molecule has 0 saturated carbocycles. The normalized spacial score (nSPS) is 10.9. The molecule has 1 aromatic carbocycles. The van der Waals surface area contributed by atoms with Crippen molar-refractivity contribution in [1.82, 2.24) is 0 Å². The van der Waals surface area contributed by atoms with E-state index in [1.807, 2.05) is 31.9 Å². The number of rotatable bonds is 3. The highest BCUT2D eigenvalue weighted by molar-refractivity contribution is 5.70. The lowest BCUT2D eigenvalue weighted by Crippen LogP contribution is -2.44. The second kappa shape index (κ2) is 4.42. The first-order valence-corrected chi connectivity index (χ1v) is 5.06. The molecule has 0 bridgehead atoms. The van der Waals surface area contributed by atoms with E-state index in [9.17, 15) is 5.11 Å². The molecule has 0 unspecified atom stereocenters. The monoisotopic (exact) mass is 219 g/mol. The summed E-state index contributed by atoms with van der Waals surface area (Å²) in [5.41, 5.74) is 7.39. The van der Waals surface area contributed by atoms with E-state index in [2.05, 4.69) is 0 Å². The highest BCUT2D eigenvalue weighted by Crippen LogP contribution is 2.28. The quantitative estimate of drug-likeness (QED) is 0.752. The van der Waals surface area contributed by atoms with Gasteiger partial charge in [0.25, 0.3) is 0 Å². The van der Waals surface area contributed by atoms with Crippen molar-refractivity contribution in [2.75, 3.05) is 24.3 Å². The number of hydrogen-bond acceptors (Lipinski definition) is 4. The zero-order valence-corrected chi connectivity index (χ0v) is 9.86. The number of hydrogen-bond donors (Lipinski definition) is 2. The maximum atomic E-state index is 9.28. The third-order valence-corrected chi connectivity index (χ3v) is 2.81. The fraction of sp³-hybridized carbons (Fsp3) is 0.417. The van der Waals surface area contributed by atoms with Crippen molar-refractivity contribution in [3.8, 4) is 6.07 Å². The van der Waals surface area contributed by atoms with Crippen LogP contribution in [0.15, 0.2) is 18.2 Å². The van der Waals surface area contributed by atoms with Crippen molar-refractivity contribution in [3.05, 3.63) is 23.8 Å². The standard InChI is InChI=1S/C12H17N3O/c1-12(2,8-16)15(3)11-5-4-9(7-13)6-10(11)14/h4-6,16H,8,14H2,1-3H3. The van der Waals surface area contributed by atoms with Crippen LogP contribution in [0.5, 0.6) is 0 Å². The van der Waals surface area contributed by atoms with Gasteiger partial charge in [0.15, 0.2) is 0 Å². The van der Waals surface area contributed by atoms with Crippen molar-refractivity contribution in [2.24, 2.45) is 0 Å². The Morgan fingerprint density at radius 1 is 1.50 bits per heavy atom. The van der Waals surface area contributed by atoms with Gasteiger partial charge in [-0.15, -0.1) is 0 Å². The van der Waals surface area contributed by atoms with E-state index in [4.69, 9.17) is 11.0 Å². The van der Waals surface area contributed by atoms with Crippen molar-refractivity contribution in [3.63, 3.8) is 0 Å². The summed E-state index contributed by atoms with van der Waals surface area (Å²) in [5.74, 6) is 0. The molecule has 0 aromatic heterocycles. The van der Waals surface area contributed by atoms with E-state index in [1.54, 1.807) is 18.2 Å². The first kappa shape index (κ1) is 12.3.